The lowest BCUT2D eigenvalue weighted by atomic mass is 10.3. The highest BCUT2D eigenvalue weighted by atomic mass is 35.5. The number of halogens is 1. The van der Waals surface area contributed by atoms with Crippen LogP contribution >= 0.6 is 22.9 Å². The van der Waals surface area contributed by atoms with Crippen LogP contribution in [0, 0.1) is 5.92 Å². The van der Waals surface area contributed by atoms with Gasteiger partial charge in [0.25, 0.3) is 11.8 Å². The van der Waals surface area contributed by atoms with Crippen molar-refractivity contribution >= 4 is 49.6 Å². The molecular formula is C15H13ClN2O5S2. The van der Waals surface area contributed by atoms with Crippen molar-refractivity contribution in [3.05, 3.63) is 40.9 Å². The number of benzene rings is 1. The van der Waals surface area contributed by atoms with E-state index in [0.717, 1.165) is 6.07 Å². The molecule has 1 aliphatic rings. The van der Waals surface area contributed by atoms with Crippen molar-refractivity contribution in [2.45, 2.75) is 21.9 Å². The van der Waals surface area contributed by atoms with Gasteiger partial charge >= 0.3 is 0 Å². The van der Waals surface area contributed by atoms with E-state index >= 15 is 0 Å². The smallest absolute Gasteiger partial charge is 0.254 e. The Morgan fingerprint density at radius 1 is 1.24 bits per heavy atom. The van der Waals surface area contributed by atoms with E-state index in [9.17, 15) is 23.2 Å². The summed E-state index contributed by atoms with van der Waals surface area (Å²) in [6, 6.07) is 6.57. The molecule has 1 heterocycles. The molecule has 0 saturated heterocycles. The summed E-state index contributed by atoms with van der Waals surface area (Å²) in [5.74, 6) is -1.84. The maximum Gasteiger partial charge on any atom is 0.254 e. The molecule has 1 aromatic carbocycles. The number of hydrogen-bond donors (Lipinski definition) is 2. The second kappa shape index (κ2) is 6.41. The Kier molecular flexibility index (Phi) is 4.58. The molecule has 0 unspecified atom stereocenters. The Hall–Kier alpha value is -1.94. The first-order valence-electron chi connectivity index (χ1n) is 7.19. The van der Waals surface area contributed by atoms with E-state index in [1.165, 1.54) is 24.3 Å². The van der Waals surface area contributed by atoms with Crippen molar-refractivity contribution in [2.75, 3.05) is 5.06 Å². The number of nitrogens with zero attached hydrogens (tertiary/aromatic N) is 1. The Morgan fingerprint density at radius 3 is 2.36 bits per heavy atom. The fourth-order valence-electron chi connectivity index (χ4n) is 2.16. The minimum atomic E-state index is -3.95. The largest absolute Gasteiger partial charge is 0.366 e. The summed E-state index contributed by atoms with van der Waals surface area (Å²) in [4.78, 5) is 23.6. The summed E-state index contributed by atoms with van der Waals surface area (Å²) in [7, 11) is -3.95. The molecule has 1 fully saturated rings. The fraction of sp³-hybridized carbons (Fsp3) is 0.200. The lowest BCUT2D eigenvalue weighted by molar-refractivity contribution is -0.124. The van der Waals surface area contributed by atoms with Crippen molar-refractivity contribution in [3.8, 4) is 0 Å². The molecule has 1 aliphatic carbocycles. The summed E-state index contributed by atoms with van der Waals surface area (Å²) in [6.45, 7) is 0. The molecule has 0 spiro atoms. The van der Waals surface area contributed by atoms with Gasteiger partial charge in [-0.2, -0.15) is 5.06 Å². The third-order valence-electron chi connectivity index (χ3n) is 3.67. The number of hydrogen-bond acceptors (Lipinski definition) is 6. The molecule has 0 atom stereocenters. The van der Waals surface area contributed by atoms with Crippen molar-refractivity contribution in [3.63, 3.8) is 0 Å². The van der Waals surface area contributed by atoms with Crippen LogP contribution in [0.15, 0.2) is 39.4 Å². The molecule has 2 amide bonds. The van der Waals surface area contributed by atoms with E-state index in [0.29, 0.717) is 34.3 Å². The molecule has 132 valence electrons. The zero-order chi connectivity index (χ0) is 18.4. The van der Waals surface area contributed by atoms with Crippen molar-refractivity contribution in [1.29, 1.82) is 0 Å². The Balaban J connectivity index is 2.05. The van der Waals surface area contributed by atoms with Crippen LogP contribution < -0.4 is 10.8 Å². The van der Waals surface area contributed by atoms with Crippen LogP contribution in [0.2, 0.25) is 5.02 Å². The highest BCUT2D eigenvalue weighted by Gasteiger charge is 2.36. The predicted molar refractivity (Wildman–Crippen MR) is 91.7 cm³/mol. The maximum absolute atomic E-state index is 12.7. The third-order valence-corrected chi connectivity index (χ3v) is 7.28. The number of sulfone groups is 1. The lowest BCUT2D eigenvalue weighted by Crippen LogP contribution is -2.29. The van der Waals surface area contributed by atoms with E-state index in [2.05, 4.69) is 0 Å². The Bertz CT molecular complexity index is 949. The van der Waals surface area contributed by atoms with Gasteiger partial charge in [0.15, 0.2) is 0 Å². The van der Waals surface area contributed by atoms with E-state index in [4.69, 9.17) is 17.3 Å². The number of rotatable bonds is 5. The average molecular weight is 401 g/mol. The molecule has 3 N–H and O–H groups in total. The topological polar surface area (TPSA) is 118 Å². The van der Waals surface area contributed by atoms with E-state index in [-0.39, 0.29) is 25.6 Å². The van der Waals surface area contributed by atoms with Crippen LogP contribution in [0.3, 0.4) is 0 Å². The summed E-state index contributed by atoms with van der Waals surface area (Å²) >= 11 is 6.37. The predicted octanol–water partition coefficient (Wildman–Crippen LogP) is 2.47. The summed E-state index contributed by atoms with van der Waals surface area (Å²) in [6.07, 6.45) is 1.28. The van der Waals surface area contributed by atoms with Gasteiger partial charge < -0.3 is 5.73 Å². The summed E-state index contributed by atoms with van der Waals surface area (Å²) in [5.41, 5.74) is 5.04. The highest BCUT2D eigenvalue weighted by Crippen LogP contribution is 2.39. The monoisotopic (exact) mass is 400 g/mol. The molecular weight excluding hydrogens is 388 g/mol. The maximum atomic E-state index is 12.7. The molecule has 1 saturated carbocycles. The standard InChI is InChI=1S/C15H13ClN2O5S2/c16-9-3-5-10(6-4-9)25(22,23)12-7-11(13(17)19)15(24-12)18(21)14(20)8-1-2-8/h3-8,21H,1-2H2,(H2,17,19). The Labute approximate surface area is 152 Å². The summed E-state index contributed by atoms with van der Waals surface area (Å²) in [5, 5.41) is 10.6. The van der Waals surface area contributed by atoms with E-state index < -0.39 is 21.7 Å². The second-order valence-electron chi connectivity index (χ2n) is 5.53. The molecule has 0 bridgehead atoms. The van der Waals surface area contributed by atoms with Gasteiger partial charge in [0.1, 0.15) is 9.21 Å². The van der Waals surface area contributed by atoms with Crippen molar-refractivity contribution < 1.29 is 23.2 Å². The van der Waals surface area contributed by atoms with Gasteiger partial charge in [-0.15, -0.1) is 11.3 Å². The number of primary amides is 1. The van der Waals surface area contributed by atoms with Gasteiger partial charge in [-0.25, -0.2) is 8.42 Å². The lowest BCUT2D eigenvalue weighted by Gasteiger charge is -2.13. The van der Waals surface area contributed by atoms with Crippen LogP contribution in [0.4, 0.5) is 5.00 Å². The van der Waals surface area contributed by atoms with Gasteiger partial charge in [0, 0.05) is 10.9 Å². The minimum Gasteiger partial charge on any atom is -0.366 e. The van der Waals surface area contributed by atoms with Crippen LogP contribution in [0.5, 0.6) is 0 Å². The molecule has 7 nitrogen and oxygen atoms in total. The Morgan fingerprint density at radius 2 is 1.84 bits per heavy atom. The first-order valence-corrected chi connectivity index (χ1v) is 9.86. The number of amides is 2. The quantitative estimate of drug-likeness (QED) is 0.590. The van der Waals surface area contributed by atoms with Crippen LogP contribution in [0.1, 0.15) is 23.2 Å². The molecule has 2 aromatic rings. The first kappa shape index (κ1) is 17.9. The fourth-order valence-corrected chi connectivity index (χ4v) is 5.06. The number of carbonyl (C=O) groups excluding carboxylic acids is 2. The second-order valence-corrected chi connectivity index (χ2v) is 9.17. The molecule has 0 radical (unpaired) electrons. The normalized spacial score (nSPS) is 14.3. The van der Waals surface area contributed by atoms with Gasteiger partial charge in [-0.1, -0.05) is 11.6 Å². The molecule has 1 aromatic heterocycles. The van der Waals surface area contributed by atoms with E-state index in [1.807, 2.05) is 0 Å². The van der Waals surface area contributed by atoms with Gasteiger partial charge in [-0.3, -0.25) is 14.8 Å². The van der Waals surface area contributed by atoms with Crippen LogP contribution in [0.25, 0.3) is 0 Å². The van der Waals surface area contributed by atoms with Crippen LogP contribution in [-0.2, 0) is 14.6 Å². The van der Waals surface area contributed by atoms with Crippen LogP contribution in [-0.4, -0.2) is 25.4 Å². The van der Waals surface area contributed by atoms with Crippen molar-refractivity contribution in [1.82, 2.24) is 0 Å². The average Bonchev–Trinajstić information content (AvgIpc) is 3.31. The van der Waals surface area contributed by atoms with Crippen molar-refractivity contribution in [2.24, 2.45) is 11.7 Å². The number of thiophene rings is 1. The SMILES string of the molecule is NC(=O)c1cc(S(=O)(=O)c2ccc(Cl)cc2)sc1N(O)C(=O)C1CC1. The number of carbonyl (C=O) groups is 2. The zero-order valence-electron chi connectivity index (χ0n) is 12.7. The molecule has 0 aliphatic heterocycles. The van der Waals surface area contributed by atoms with E-state index in [1.54, 1.807) is 0 Å². The molecule has 3 rings (SSSR count). The minimum absolute atomic E-state index is 0.0290. The molecule has 10 heteroatoms. The number of hydroxylamine groups is 1. The molecule has 25 heavy (non-hydrogen) atoms. The van der Waals surface area contributed by atoms with Gasteiger partial charge in [0.05, 0.1) is 10.5 Å². The number of anilines is 1. The zero-order valence-corrected chi connectivity index (χ0v) is 15.1. The third kappa shape index (κ3) is 3.40. The first-order chi connectivity index (χ1) is 11.7. The summed E-state index contributed by atoms with van der Waals surface area (Å²) < 4.78 is 25.2. The highest BCUT2D eigenvalue weighted by molar-refractivity contribution is 7.93. The number of nitrogens with two attached hydrogens (primary N) is 1. The van der Waals surface area contributed by atoms with Gasteiger partial charge in [0.2, 0.25) is 9.84 Å². The van der Waals surface area contributed by atoms with Gasteiger partial charge in [-0.05, 0) is 43.2 Å².